The molecule has 186 valence electrons. The Kier molecular flexibility index (Phi) is 6.17. The number of nitrogens with zero attached hydrogens (tertiary/aromatic N) is 3. The smallest absolute Gasteiger partial charge is 0.253 e. The van der Waals surface area contributed by atoms with Crippen LogP contribution < -0.4 is 10.1 Å². The van der Waals surface area contributed by atoms with Gasteiger partial charge in [-0.1, -0.05) is 44.0 Å². The summed E-state index contributed by atoms with van der Waals surface area (Å²) in [5.41, 5.74) is 4.37. The van der Waals surface area contributed by atoms with Gasteiger partial charge in [0, 0.05) is 29.9 Å². The molecule has 9 heteroatoms. The number of aromatic nitrogens is 3. The van der Waals surface area contributed by atoms with Crippen LogP contribution in [0.3, 0.4) is 0 Å². The molecule has 0 aliphatic carbocycles. The van der Waals surface area contributed by atoms with E-state index in [0.717, 1.165) is 28.0 Å². The van der Waals surface area contributed by atoms with E-state index in [4.69, 9.17) is 27.9 Å². The van der Waals surface area contributed by atoms with Crippen molar-refractivity contribution in [2.75, 3.05) is 6.61 Å². The number of hydrogen-bond donors (Lipinski definition) is 1. The minimum atomic E-state index is -0.493. The van der Waals surface area contributed by atoms with E-state index in [9.17, 15) is 9.18 Å². The molecule has 1 aromatic carbocycles. The Bertz CT molecular complexity index is 1510. The fraction of sp³-hybridized carbons (Fsp3) is 0.296. The topological polar surface area (TPSA) is 68.5 Å². The van der Waals surface area contributed by atoms with Gasteiger partial charge < -0.3 is 10.1 Å². The molecule has 6 nitrogen and oxygen atoms in total. The van der Waals surface area contributed by atoms with Crippen molar-refractivity contribution in [1.29, 1.82) is 0 Å². The Labute approximate surface area is 218 Å². The molecule has 0 fully saturated rings. The van der Waals surface area contributed by atoms with Crippen molar-refractivity contribution >= 4 is 34.6 Å². The molecular formula is C27H25Cl2FN4O2. The van der Waals surface area contributed by atoms with Crippen molar-refractivity contribution in [3.05, 3.63) is 81.0 Å². The second kappa shape index (κ2) is 9.05. The number of amides is 1. The normalized spacial score (nSPS) is 15.5. The highest BCUT2D eigenvalue weighted by molar-refractivity contribution is 6.43. The van der Waals surface area contributed by atoms with E-state index in [1.54, 1.807) is 29.2 Å². The first-order valence-corrected chi connectivity index (χ1v) is 12.4. The third-order valence-corrected chi connectivity index (χ3v) is 7.19. The zero-order valence-corrected chi connectivity index (χ0v) is 21.8. The van der Waals surface area contributed by atoms with Gasteiger partial charge in [0.15, 0.2) is 0 Å². The van der Waals surface area contributed by atoms with Crippen LogP contribution in [0.15, 0.2) is 42.9 Å². The molecule has 0 radical (unpaired) electrons. The van der Waals surface area contributed by atoms with Gasteiger partial charge in [0.2, 0.25) is 0 Å². The van der Waals surface area contributed by atoms with Crippen LogP contribution in [0.25, 0.3) is 16.8 Å². The molecule has 5 rings (SSSR count). The summed E-state index contributed by atoms with van der Waals surface area (Å²) in [7, 11) is 0. The van der Waals surface area contributed by atoms with E-state index >= 15 is 0 Å². The molecule has 0 bridgehead atoms. The Hall–Kier alpha value is -3.16. The lowest BCUT2D eigenvalue weighted by Gasteiger charge is -2.28. The highest BCUT2D eigenvalue weighted by Crippen LogP contribution is 2.40. The number of rotatable bonds is 3. The summed E-state index contributed by atoms with van der Waals surface area (Å²) < 4.78 is 21.7. The number of aryl methyl sites for hydroxylation is 1. The van der Waals surface area contributed by atoms with Gasteiger partial charge in [-0.2, -0.15) is 5.10 Å². The van der Waals surface area contributed by atoms with Crippen LogP contribution in [0, 0.1) is 12.7 Å². The number of pyridine rings is 1. The lowest BCUT2D eigenvalue weighted by atomic mass is 9.83. The molecule has 0 spiro atoms. The van der Waals surface area contributed by atoms with E-state index in [2.05, 4.69) is 15.4 Å². The van der Waals surface area contributed by atoms with Crippen molar-refractivity contribution in [2.45, 2.75) is 45.6 Å². The minimum absolute atomic E-state index is 0.124. The third-order valence-electron chi connectivity index (χ3n) is 6.39. The predicted molar refractivity (Wildman–Crippen MR) is 139 cm³/mol. The Morgan fingerprint density at radius 2 is 2.00 bits per heavy atom. The lowest BCUT2D eigenvalue weighted by Crippen LogP contribution is -2.34. The van der Waals surface area contributed by atoms with Crippen molar-refractivity contribution in [1.82, 2.24) is 19.9 Å². The zero-order valence-electron chi connectivity index (χ0n) is 20.3. The van der Waals surface area contributed by atoms with Crippen molar-refractivity contribution in [2.24, 2.45) is 0 Å². The van der Waals surface area contributed by atoms with E-state index in [0.29, 0.717) is 29.8 Å². The number of benzene rings is 1. The number of fused-ring (bicyclic) bond motifs is 2. The second-order valence-corrected chi connectivity index (χ2v) is 10.8. The maximum atomic E-state index is 14.3. The summed E-state index contributed by atoms with van der Waals surface area (Å²) >= 11 is 12.6. The molecule has 1 aliphatic rings. The van der Waals surface area contributed by atoms with Gasteiger partial charge in [0.25, 0.3) is 5.91 Å². The van der Waals surface area contributed by atoms with Crippen LogP contribution >= 0.6 is 23.2 Å². The van der Waals surface area contributed by atoms with Gasteiger partial charge in [-0.05, 0) is 47.7 Å². The molecule has 4 aromatic rings. The van der Waals surface area contributed by atoms with Crippen LogP contribution in [-0.2, 0) is 5.41 Å². The number of halogens is 3. The van der Waals surface area contributed by atoms with Crippen LogP contribution in [0.5, 0.6) is 5.75 Å². The molecule has 36 heavy (non-hydrogen) atoms. The van der Waals surface area contributed by atoms with Crippen LogP contribution in [0.2, 0.25) is 10.0 Å². The molecule has 4 heterocycles. The first kappa shape index (κ1) is 24.5. The van der Waals surface area contributed by atoms with E-state index in [1.807, 2.05) is 33.8 Å². The SMILES string of the molecule is Cc1cc2c(C(C)(C)C)c(C(=O)N[C@H]3CCOc4ccncc43)cnn2c1-c1cc(F)cc(Cl)c1Cl. The molecule has 1 atom stereocenters. The molecule has 0 saturated heterocycles. The number of nitrogens with one attached hydrogen (secondary N) is 1. The lowest BCUT2D eigenvalue weighted by molar-refractivity contribution is 0.0922. The average molecular weight is 527 g/mol. The summed E-state index contributed by atoms with van der Waals surface area (Å²) in [5.74, 6) is -0.000416. The first-order chi connectivity index (χ1) is 17.1. The maximum Gasteiger partial charge on any atom is 0.253 e. The van der Waals surface area contributed by atoms with Gasteiger partial charge >= 0.3 is 0 Å². The van der Waals surface area contributed by atoms with Gasteiger partial charge in [0.05, 0.1) is 45.7 Å². The third kappa shape index (κ3) is 4.20. The highest BCUT2D eigenvalue weighted by Gasteiger charge is 2.30. The van der Waals surface area contributed by atoms with Crippen LogP contribution in [0.1, 0.15) is 60.3 Å². The number of carbonyl (C=O) groups excluding carboxylic acids is 1. The van der Waals surface area contributed by atoms with E-state index < -0.39 is 11.2 Å². The van der Waals surface area contributed by atoms with Gasteiger partial charge in [-0.25, -0.2) is 8.91 Å². The highest BCUT2D eigenvalue weighted by atomic mass is 35.5. The minimum Gasteiger partial charge on any atom is -0.493 e. The van der Waals surface area contributed by atoms with E-state index in [1.165, 1.54) is 12.1 Å². The molecular weight excluding hydrogens is 502 g/mol. The molecule has 3 aromatic heterocycles. The molecule has 1 amide bonds. The fourth-order valence-corrected chi connectivity index (χ4v) is 5.27. The summed E-state index contributed by atoms with van der Waals surface area (Å²) in [6, 6.07) is 6.05. The molecule has 0 unspecified atom stereocenters. The Morgan fingerprint density at radius 3 is 2.75 bits per heavy atom. The summed E-state index contributed by atoms with van der Waals surface area (Å²) in [4.78, 5) is 17.8. The Morgan fingerprint density at radius 1 is 1.22 bits per heavy atom. The largest absolute Gasteiger partial charge is 0.493 e. The quantitative estimate of drug-likeness (QED) is 0.301. The summed E-state index contributed by atoms with van der Waals surface area (Å²) in [6.07, 6.45) is 5.59. The van der Waals surface area contributed by atoms with E-state index in [-0.39, 0.29) is 22.0 Å². The standard InChI is InChI=1S/C27H25Cl2FN4O2/c1-14-9-21-23(27(2,3)4)18(26(35)33-20-6-8-36-22-5-7-31-12-17(20)22)13-32-34(21)25(14)16-10-15(30)11-19(28)24(16)29/h5,7,9-13,20H,6,8H2,1-4H3,(H,33,35)/t20-/m0/s1. The van der Waals surface area contributed by atoms with Crippen LogP contribution in [-0.4, -0.2) is 27.1 Å². The number of hydrogen-bond acceptors (Lipinski definition) is 4. The fourth-order valence-electron chi connectivity index (χ4n) is 4.87. The van der Waals surface area contributed by atoms with Crippen molar-refractivity contribution in [3.63, 3.8) is 0 Å². The Balaban J connectivity index is 1.64. The zero-order chi connectivity index (χ0) is 25.8. The number of ether oxygens (including phenoxy) is 1. The van der Waals surface area contributed by atoms with Crippen molar-refractivity contribution in [3.8, 4) is 17.0 Å². The predicted octanol–water partition coefficient (Wildman–Crippen LogP) is 6.70. The van der Waals surface area contributed by atoms with Gasteiger partial charge in [-0.3, -0.25) is 9.78 Å². The molecule has 0 saturated carbocycles. The second-order valence-electron chi connectivity index (χ2n) is 9.98. The molecule has 1 N–H and O–H groups in total. The van der Waals surface area contributed by atoms with Crippen LogP contribution in [0.4, 0.5) is 4.39 Å². The summed E-state index contributed by atoms with van der Waals surface area (Å²) in [6.45, 7) is 8.53. The summed E-state index contributed by atoms with van der Waals surface area (Å²) in [5, 5.41) is 8.12. The van der Waals surface area contributed by atoms with Crippen molar-refractivity contribution < 1.29 is 13.9 Å². The molecule has 1 aliphatic heterocycles. The first-order valence-electron chi connectivity index (χ1n) is 11.6. The maximum absolute atomic E-state index is 14.3. The average Bonchev–Trinajstić information content (AvgIpc) is 3.15. The van der Waals surface area contributed by atoms with Gasteiger partial charge in [-0.15, -0.1) is 0 Å². The monoisotopic (exact) mass is 526 g/mol. The van der Waals surface area contributed by atoms with Gasteiger partial charge in [0.1, 0.15) is 11.6 Å². The number of carbonyl (C=O) groups is 1.